The van der Waals surface area contributed by atoms with Gasteiger partial charge in [-0.25, -0.2) is 14.8 Å². The largest absolute Gasteiger partial charge is 0.490 e. The molecule has 2 aromatic heterocycles. The van der Waals surface area contributed by atoms with Crippen LogP contribution in [-0.4, -0.2) is 53.2 Å². The highest BCUT2D eigenvalue weighted by Crippen LogP contribution is 2.37. The number of para-hydroxylation sites is 1. The lowest BCUT2D eigenvalue weighted by Gasteiger charge is -2.31. The number of anilines is 2. The van der Waals surface area contributed by atoms with Crippen molar-refractivity contribution in [3.05, 3.63) is 101 Å². The maximum atomic E-state index is 13.9. The first-order chi connectivity index (χ1) is 26.0. The van der Waals surface area contributed by atoms with Crippen LogP contribution in [0.15, 0.2) is 72.8 Å². The predicted molar refractivity (Wildman–Crippen MR) is 211 cm³/mol. The Morgan fingerprint density at radius 2 is 1.69 bits per heavy atom. The van der Waals surface area contributed by atoms with Crippen molar-refractivity contribution in [1.82, 2.24) is 9.97 Å². The number of ether oxygens (including phenoxy) is 3. The molecule has 0 unspecified atom stereocenters. The molecule has 2 aliphatic rings. The number of aromatic nitrogens is 2. The van der Waals surface area contributed by atoms with Gasteiger partial charge in [0.1, 0.15) is 17.2 Å². The maximum absolute atomic E-state index is 13.9. The summed E-state index contributed by atoms with van der Waals surface area (Å²) in [4.78, 5) is 51.0. The molecule has 7 rings (SSSR count). The van der Waals surface area contributed by atoms with Crippen molar-refractivity contribution in [2.24, 2.45) is 5.92 Å². The van der Waals surface area contributed by atoms with E-state index in [-0.39, 0.29) is 23.7 Å². The third-order valence-electron chi connectivity index (χ3n) is 10.2. The first-order valence-corrected chi connectivity index (χ1v) is 19.4. The van der Waals surface area contributed by atoms with Crippen LogP contribution in [-0.2, 0) is 27.2 Å². The summed E-state index contributed by atoms with van der Waals surface area (Å²) in [6.07, 6.45) is 4.72. The minimum atomic E-state index is -0.728. The van der Waals surface area contributed by atoms with E-state index in [0.717, 1.165) is 63.9 Å². The Balaban J connectivity index is 1.14. The van der Waals surface area contributed by atoms with E-state index in [0.29, 0.717) is 53.9 Å². The number of rotatable bonds is 9. The fraction of sp³-hybridized carbons (Fsp3) is 0.372. The molecule has 0 radical (unpaired) electrons. The van der Waals surface area contributed by atoms with Gasteiger partial charge < -0.3 is 19.1 Å². The van der Waals surface area contributed by atoms with E-state index in [4.69, 9.17) is 19.2 Å². The zero-order chi connectivity index (χ0) is 38.0. The molecular formula is C43H46N4O6S. The summed E-state index contributed by atoms with van der Waals surface area (Å²) in [5, 5.41) is 3.57. The number of nitrogens with one attached hydrogen (secondary N) is 1. The molecule has 5 aromatic rings. The van der Waals surface area contributed by atoms with E-state index in [2.05, 4.69) is 21.3 Å². The SMILES string of the molecule is COC(=O)CC1CCC(Oc2cccc(-c3ccc(N4CCc5cccc(C(=O)Nc6nc7ccccc7s6)c5C4)nc3C(=O)OC(C)(C)C)c2C)CC1. The van der Waals surface area contributed by atoms with Crippen molar-refractivity contribution >= 4 is 50.3 Å². The molecule has 54 heavy (non-hydrogen) atoms. The minimum absolute atomic E-state index is 0.0360. The monoisotopic (exact) mass is 746 g/mol. The Bertz CT molecular complexity index is 2170. The molecule has 0 spiro atoms. The smallest absolute Gasteiger partial charge is 0.358 e. The van der Waals surface area contributed by atoms with Gasteiger partial charge in [-0.2, -0.15) is 0 Å². The molecular weight excluding hydrogens is 701 g/mol. The Morgan fingerprint density at radius 1 is 0.907 bits per heavy atom. The molecule has 1 aliphatic heterocycles. The first kappa shape index (κ1) is 37.0. The van der Waals surface area contributed by atoms with Crippen molar-refractivity contribution in [2.45, 2.75) is 84.5 Å². The van der Waals surface area contributed by atoms with Gasteiger partial charge in [-0.15, -0.1) is 0 Å². The van der Waals surface area contributed by atoms with Crippen LogP contribution in [0.5, 0.6) is 5.75 Å². The van der Waals surface area contributed by atoms with Gasteiger partial charge in [-0.3, -0.25) is 14.9 Å². The van der Waals surface area contributed by atoms with E-state index in [1.807, 2.05) is 94.4 Å². The molecule has 0 saturated heterocycles. The molecule has 1 aliphatic carbocycles. The number of fused-ring (bicyclic) bond motifs is 2. The van der Waals surface area contributed by atoms with Crippen molar-refractivity contribution in [3.63, 3.8) is 0 Å². The second kappa shape index (κ2) is 15.6. The lowest BCUT2D eigenvalue weighted by atomic mass is 9.85. The van der Waals surface area contributed by atoms with Gasteiger partial charge in [0.25, 0.3) is 5.91 Å². The van der Waals surface area contributed by atoms with Gasteiger partial charge in [0.2, 0.25) is 0 Å². The standard InChI is InChI=1S/C43H46N4O6S/c1-26-30(11-9-14-35(26)52-29-18-16-27(17-19-29)24-38(48)51-5)31-20-21-37(45-39(31)41(50)53-43(2,3)4)47-23-22-28-10-8-12-32(33(28)25-47)40(49)46-42-44-34-13-6-7-15-36(34)54-42/h6-15,20-21,27,29H,16-19,22-25H2,1-5H3,(H,44,46,49). The number of pyridine rings is 1. The summed E-state index contributed by atoms with van der Waals surface area (Å²) in [5.74, 6) is 0.807. The molecule has 1 amide bonds. The van der Waals surface area contributed by atoms with Gasteiger partial charge in [0.15, 0.2) is 10.8 Å². The molecule has 0 bridgehead atoms. The van der Waals surface area contributed by atoms with Crippen LogP contribution in [0.1, 0.15) is 90.4 Å². The molecule has 3 aromatic carbocycles. The van der Waals surface area contributed by atoms with Crippen LogP contribution in [0.2, 0.25) is 0 Å². The van der Waals surface area contributed by atoms with Crippen LogP contribution < -0.4 is 15.0 Å². The highest BCUT2D eigenvalue weighted by atomic mass is 32.1. The zero-order valence-corrected chi connectivity index (χ0v) is 32.3. The van der Waals surface area contributed by atoms with Gasteiger partial charge in [0, 0.05) is 30.6 Å². The van der Waals surface area contributed by atoms with Crippen molar-refractivity contribution in [3.8, 4) is 16.9 Å². The second-order valence-electron chi connectivity index (χ2n) is 15.1. The average molecular weight is 747 g/mol. The van der Waals surface area contributed by atoms with E-state index in [9.17, 15) is 14.4 Å². The molecule has 0 atom stereocenters. The molecule has 1 fully saturated rings. The number of esters is 2. The molecule has 1 saturated carbocycles. The quantitative estimate of drug-likeness (QED) is 0.148. The highest BCUT2D eigenvalue weighted by molar-refractivity contribution is 7.22. The highest BCUT2D eigenvalue weighted by Gasteiger charge is 2.29. The summed E-state index contributed by atoms with van der Waals surface area (Å²) in [5.41, 5.74) is 5.36. The molecule has 280 valence electrons. The second-order valence-corrected chi connectivity index (χ2v) is 16.1. The number of methoxy groups -OCH3 is 1. The van der Waals surface area contributed by atoms with Crippen LogP contribution in [0.4, 0.5) is 10.9 Å². The lowest BCUT2D eigenvalue weighted by molar-refractivity contribution is -0.142. The molecule has 1 N–H and O–H groups in total. The zero-order valence-electron chi connectivity index (χ0n) is 31.4. The summed E-state index contributed by atoms with van der Waals surface area (Å²) in [6.45, 7) is 8.65. The Labute approximate surface area is 319 Å². The van der Waals surface area contributed by atoms with Crippen LogP contribution >= 0.6 is 11.3 Å². The summed E-state index contributed by atoms with van der Waals surface area (Å²) >= 11 is 1.45. The third-order valence-corrected chi connectivity index (χ3v) is 11.1. The fourth-order valence-corrected chi connectivity index (χ4v) is 8.25. The maximum Gasteiger partial charge on any atom is 0.358 e. The summed E-state index contributed by atoms with van der Waals surface area (Å²) < 4.78 is 18.3. The van der Waals surface area contributed by atoms with Gasteiger partial charge in [-0.05, 0) is 124 Å². The Hall–Kier alpha value is -5.29. The number of hydrogen-bond acceptors (Lipinski definition) is 10. The third kappa shape index (κ3) is 8.26. The van der Waals surface area contributed by atoms with Gasteiger partial charge in [0.05, 0.1) is 23.4 Å². The average Bonchev–Trinajstić information content (AvgIpc) is 3.57. The topological polar surface area (TPSA) is 120 Å². The number of hydrogen-bond donors (Lipinski definition) is 1. The fourth-order valence-electron chi connectivity index (χ4n) is 7.39. The normalized spacial score (nSPS) is 17.1. The number of amides is 1. The number of thiazole rings is 1. The van der Waals surface area contributed by atoms with Crippen molar-refractivity contribution in [2.75, 3.05) is 23.9 Å². The van der Waals surface area contributed by atoms with Crippen molar-refractivity contribution < 1.29 is 28.6 Å². The summed E-state index contributed by atoms with van der Waals surface area (Å²) in [7, 11) is 1.43. The van der Waals surface area contributed by atoms with E-state index in [1.165, 1.54) is 18.4 Å². The number of carbonyl (C=O) groups excluding carboxylic acids is 3. The van der Waals surface area contributed by atoms with E-state index in [1.54, 1.807) is 0 Å². The van der Waals surface area contributed by atoms with Gasteiger partial charge >= 0.3 is 11.9 Å². The van der Waals surface area contributed by atoms with Gasteiger partial charge in [-0.1, -0.05) is 47.7 Å². The molecule has 11 heteroatoms. The number of nitrogens with zero attached hydrogens (tertiary/aromatic N) is 3. The Kier molecular flexibility index (Phi) is 10.7. The van der Waals surface area contributed by atoms with Crippen LogP contribution in [0, 0.1) is 12.8 Å². The van der Waals surface area contributed by atoms with Crippen LogP contribution in [0.25, 0.3) is 21.3 Å². The van der Waals surface area contributed by atoms with Crippen LogP contribution in [0.3, 0.4) is 0 Å². The number of benzene rings is 3. The molecule has 10 nitrogen and oxygen atoms in total. The first-order valence-electron chi connectivity index (χ1n) is 18.6. The van der Waals surface area contributed by atoms with Crippen molar-refractivity contribution in [1.29, 1.82) is 0 Å². The minimum Gasteiger partial charge on any atom is -0.490 e. The summed E-state index contributed by atoms with van der Waals surface area (Å²) in [6, 6.07) is 23.4. The van der Waals surface area contributed by atoms with E-state index >= 15 is 0 Å². The Morgan fingerprint density at radius 3 is 2.44 bits per heavy atom. The predicted octanol–water partition coefficient (Wildman–Crippen LogP) is 8.94. The lowest BCUT2D eigenvalue weighted by Crippen LogP contribution is -2.33. The molecule has 3 heterocycles. The number of carbonyl (C=O) groups is 3. The van der Waals surface area contributed by atoms with E-state index < -0.39 is 11.6 Å².